The molecule has 34 heavy (non-hydrogen) atoms. The van der Waals surface area contributed by atoms with Crippen LogP contribution in [0.2, 0.25) is 0 Å². The average molecular weight is 483 g/mol. The molecule has 2 amide bonds. The van der Waals surface area contributed by atoms with Crippen LogP contribution in [0.15, 0.2) is 48.5 Å². The monoisotopic (exact) mass is 482 g/mol. The van der Waals surface area contributed by atoms with Gasteiger partial charge in [-0.15, -0.1) is 0 Å². The first kappa shape index (κ1) is 22.0. The second kappa shape index (κ2) is 8.49. The van der Waals surface area contributed by atoms with Gasteiger partial charge in [-0.25, -0.2) is 8.42 Å². The number of aromatic nitrogens is 2. The molecule has 2 aliphatic heterocycles. The van der Waals surface area contributed by atoms with Crippen LogP contribution >= 0.6 is 0 Å². The lowest BCUT2D eigenvalue weighted by Gasteiger charge is -2.18. The molecule has 0 aliphatic carbocycles. The summed E-state index contributed by atoms with van der Waals surface area (Å²) in [6.07, 6.45) is 0.429. The number of hydrogen-bond donors (Lipinski definition) is 2. The van der Waals surface area contributed by atoms with E-state index in [9.17, 15) is 18.0 Å². The van der Waals surface area contributed by atoms with Gasteiger partial charge in [0, 0.05) is 11.3 Å². The maximum Gasteiger partial charge on any atom is 0.276 e. The minimum Gasteiger partial charge on any atom is -0.497 e. The van der Waals surface area contributed by atoms with Crippen molar-refractivity contribution in [2.45, 2.75) is 12.5 Å². The van der Waals surface area contributed by atoms with Crippen LogP contribution in [0, 0.1) is 0 Å². The van der Waals surface area contributed by atoms with E-state index in [2.05, 4.69) is 15.7 Å². The smallest absolute Gasteiger partial charge is 0.276 e. The van der Waals surface area contributed by atoms with Crippen LogP contribution in [0.5, 0.6) is 11.5 Å². The van der Waals surface area contributed by atoms with Gasteiger partial charge >= 0.3 is 0 Å². The Labute approximate surface area is 195 Å². The van der Waals surface area contributed by atoms with Crippen LogP contribution in [0.1, 0.15) is 23.0 Å². The van der Waals surface area contributed by atoms with Crippen molar-refractivity contribution in [1.29, 1.82) is 0 Å². The van der Waals surface area contributed by atoms with Crippen molar-refractivity contribution < 1.29 is 27.5 Å². The number of fused-ring (bicyclic) bond motifs is 1. The summed E-state index contributed by atoms with van der Waals surface area (Å²) in [6, 6.07) is 13.5. The second-order valence-corrected chi connectivity index (χ2v) is 10.4. The zero-order valence-electron chi connectivity index (χ0n) is 18.3. The third kappa shape index (κ3) is 4.34. The van der Waals surface area contributed by atoms with Crippen molar-refractivity contribution in [3.63, 3.8) is 0 Å². The van der Waals surface area contributed by atoms with E-state index in [0.717, 1.165) is 5.56 Å². The molecule has 2 N–H and O–H groups in total. The molecule has 11 heteroatoms. The van der Waals surface area contributed by atoms with E-state index in [1.54, 1.807) is 48.2 Å². The Balaban J connectivity index is 1.46. The Kier molecular flexibility index (Phi) is 5.48. The van der Waals surface area contributed by atoms with Crippen LogP contribution < -0.4 is 20.1 Å². The Morgan fingerprint density at radius 2 is 2.00 bits per heavy atom. The lowest BCUT2D eigenvalue weighted by atomic mass is 10.1. The number of carbonyl (C=O) groups is 2. The Bertz CT molecular complexity index is 1380. The summed E-state index contributed by atoms with van der Waals surface area (Å²) < 4.78 is 36.4. The number of ether oxygens (including phenoxy) is 2. The molecule has 1 aromatic heterocycles. The van der Waals surface area contributed by atoms with Crippen LogP contribution in [0.3, 0.4) is 0 Å². The number of anilines is 2. The van der Waals surface area contributed by atoms with Gasteiger partial charge in [0.15, 0.2) is 22.1 Å². The summed E-state index contributed by atoms with van der Waals surface area (Å²) in [5, 5.41) is 9.97. The molecule has 0 radical (unpaired) electrons. The summed E-state index contributed by atoms with van der Waals surface area (Å²) in [6.45, 7) is -0.0544. The molecule has 0 unspecified atom stereocenters. The number of carbonyl (C=O) groups excluding carboxylic acids is 2. The fourth-order valence-electron chi connectivity index (χ4n) is 4.09. The molecular formula is C23H22N4O6S. The van der Waals surface area contributed by atoms with Gasteiger partial charge in [0.05, 0.1) is 36.0 Å². The summed E-state index contributed by atoms with van der Waals surface area (Å²) in [5.74, 6) is 0.529. The lowest BCUT2D eigenvalue weighted by Crippen LogP contribution is -2.25. The molecule has 176 valence electrons. The number of amides is 2. The first-order chi connectivity index (χ1) is 16.3. The molecule has 5 rings (SSSR count). The van der Waals surface area contributed by atoms with E-state index >= 15 is 0 Å². The minimum atomic E-state index is -3.15. The lowest BCUT2D eigenvalue weighted by molar-refractivity contribution is -0.118. The zero-order chi connectivity index (χ0) is 23.9. The van der Waals surface area contributed by atoms with Crippen molar-refractivity contribution in [3.8, 4) is 22.8 Å². The first-order valence-electron chi connectivity index (χ1n) is 10.6. The van der Waals surface area contributed by atoms with Gasteiger partial charge in [-0.05, 0) is 55.0 Å². The minimum absolute atomic E-state index is 0.0244. The van der Waals surface area contributed by atoms with Gasteiger partial charge in [-0.2, -0.15) is 5.10 Å². The molecule has 1 saturated heterocycles. The highest BCUT2D eigenvalue weighted by Gasteiger charge is 2.32. The third-order valence-corrected chi connectivity index (χ3v) is 7.53. The molecule has 2 aliphatic rings. The van der Waals surface area contributed by atoms with Crippen molar-refractivity contribution in [2.75, 3.05) is 35.9 Å². The van der Waals surface area contributed by atoms with Crippen molar-refractivity contribution >= 4 is 33.0 Å². The summed E-state index contributed by atoms with van der Waals surface area (Å²) >= 11 is 0. The van der Waals surface area contributed by atoms with Gasteiger partial charge in [-0.1, -0.05) is 0 Å². The fraction of sp³-hybridized carbons (Fsp3) is 0.261. The van der Waals surface area contributed by atoms with Gasteiger partial charge < -0.3 is 20.1 Å². The van der Waals surface area contributed by atoms with E-state index in [-0.39, 0.29) is 35.8 Å². The molecular weight excluding hydrogens is 460 g/mol. The molecule has 0 spiro atoms. The van der Waals surface area contributed by atoms with Crippen molar-refractivity contribution in [3.05, 3.63) is 54.2 Å². The van der Waals surface area contributed by atoms with Crippen molar-refractivity contribution in [1.82, 2.24) is 9.78 Å². The molecule has 10 nitrogen and oxygen atoms in total. The number of benzene rings is 2. The Morgan fingerprint density at radius 1 is 1.21 bits per heavy atom. The van der Waals surface area contributed by atoms with Crippen LogP contribution in [0.25, 0.3) is 11.3 Å². The fourth-order valence-corrected chi connectivity index (χ4v) is 5.78. The Morgan fingerprint density at radius 3 is 2.71 bits per heavy atom. The molecule has 1 atom stereocenters. The topological polar surface area (TPSA) is 129 Å². The number of hydrogen-bond acceptors (Lipinski definition) is 7. The number of sulfone groups is 1. The standard InChI is InChI=1S/C23H22N4O6S/c1-32-17-5-2-14(3-6-17)20-11-19(26-27(20)16-8-9-34(30,31)13-16)23(29)24-15-4-7-21-18(10-15)25-22(28)12-33-21/h2-7,10-11,16H,8-9,12-13H2,1H3,(H,24,29)(H,25,28)/t16-/m0/s1. The van der Waals surface area contributed by atoms with Crippen LogP contribution in [-0.4, -0.2) is 55.2 Å². The van der Waals surface area contributed by atoms with E-state index in [1.165, 1.54) is 0 Å². The molecule has 3 heterocycles. The van der Waals surface area contributed by atoms with E-state index in [4.69, 9.17) is 9.47 Å². The van der Waals surface area contributed by atoms with E-state index in [1.807, 2.05) is 12.1 Å². The zero-order valence-corrected chi connectivity index (χ0v) is 19.1. The normalized spacial score (nSPS) is 18.5. The predicted molar refractivity (Wildman–Crippen MR) is 125 cm³/mol. The maximum absolute atomic E-state index is 13.0. The second-order valence-electron chi connectivity index (χ2n) is 8.15. The average Bonchev–Trinajstić information content (AvgIpc) is 3.42. The number of nitrogens with zero attached hydrogens (tertiary/aromatic N) is 2. The molecule has 3 aromatic rings. The highest BCUT2D eigenvalue weighted by Crippen LogP contribution is 2.32. The van der Waals surface area contributed by atoms with Gasteiger partial charge in [-0.3, -0.25) is 14.3 Å². The predicted octanol–water partition coefficient (Wildman–Crippen LogP) is 2.50. The number of methoxy groups -OCH3 is 1. The summed E-state index contributed by atoms with van der Waals surface area (Å²) in [5.41, 5.74) is 2.49. The first-order valence-corrected chi connectivity index (χ1v) is 12.5. The van der Waals surface area contributed by atoms with Gasteiger partial charge in [0.2, 0.25) is 0 Å². The molecule has 0 saturated carbocycles. The quantitative estimate of drug-likeness (QED) is 0.572. The number of nitrogens with one attached hydrogen (secondary N) is 2. The number of rotatable bonds is 5. The Hall–Kier alpha value is -3.86. The summed E-state index contributed by atoms with van der Waals surface area (Å²) in [4.78, 5) is 24.6. The van der Waals surface area contributed by atoms with E-state index in [0.29, 0.717) is 35.0 Å². The van der Waals surface area contributed by atoms with Crippen LogP contribution in [0.4, 0.5) is 11.4 Å². The van der Waals surface area contributed by atoms with E-state index < -0.39 is 15.7 Å². The molecule has 2 aromatic carbocycles. The largest absolute Gasteiger partial charge is 0.497 e. The molecule has 0 bridgehead atoms. The maximum atomic E-state index is 13.0. The highest BCUT2D eigenvalue weighted by molar-refractivity contribution is 7.91. The summed E-state index contributed by atoms with van der Waals surface area (Å²) in [7, 11) is -1.58. The molecule has 1 fully saturated rings. The van der Waals surface area contributed by atoms with Gasteiger partial charge in [0.1, 0.15) is 11.5 Å². The third-order valence-electron chi connectivity index (χ3n) is 5.78. The SMILES string of the molecule is COc1ccc(-c2cc(C(=O)Nc3ccc4c(c3)NC(=O)CO4)nn2[C@H]2CCS(=O)(=O)C2)cc1. The van der Waals surface area contributed by atoms with Crippen molar-refractivity contribution in [2.24, 2.45) is 0 Å². The van der Waals surface area contributed by atoms with Gasteiger partial charge in [0.25, 0.3) is 11.8 Å². The highest BCUT2D eigenvalue weighted by atomic mass is 32.2. The van der Waals surface area contributed by atoms with Crippen LogP contribution in [-0.2, 0) is 14.6 Å².